The van der Waals surface area contributed by atoms with Crippen molar-refractivity contribution in [3.63, 3.8) is 0 Å². The van der Waals surface area contributed by atoms with Gasteiger partial charge in [-0.2, -0.15) is 4.31 Å². The highest BCUT2D eigenvalue weighted by atomic mass is 35.5. The van der Waals surface area contributed by atoms with Gasteiger partial charge >= 0.3 is 0 Å². The van der Waals surface area contributed by atoms with E-state index in [0.29, 0.717) is 37.0 Å². The third-order valence-corrected chi connectivity index (χ3v) is 8.25. The number of nitrogens with zero attached hydrogens (tertiary/aromatic N) is 1. The summed E-state index contributed by atoms with van der Waals surface area (Å²) >= 11 is 6.22. The van der Waals surface area contributed by atoms with Crippen molar-refractivity contribution in [1.82, 2.24) is 9.62 Å². The van der Waals surface area contributed by atoms with E-state index in [1.54, 1.807) is 6.07 Å². The van der Waals surface area contributed by atoms with Gasteiger partial charge in [0.2, 0.25) is 10.0 Å². The summed E-state index contributed by atoms with van der Waals surface area (Å²) < 4.78 is 27.7. The lowest BCUT2D eigenvalue weighted by Gasteiger charge is -2.30. The molecule has 0 spiro atoms. The van der Waals surface area contributed by atoms with Crippen molar-refractivity contribution in [2.24, 2.45) is 5.92 Å². The van der Waals surface area contributed by atoms with E-state index in [-0.39, 0.29) is 15.8 Å². The maximum Gasteiger partial charge on any atom is 0.251 e. The van der Waals surface area contributed by atoms with Crippen LogP contribution in [0.2, 0.25) is 5.02 Å². The summed E-state index contributed by atoms with van der Waals surface area (Å²) in [6, 6.07) is 12.7. The van der Waals surface area contributed by atoms with Gasteiger partial charge in [-0.3, -0.25) is 4.79 Å². The van der Waals surface area contributed by atoms with Crippen LogP contribution in [0.25, 0.3) is 0 Å². The molecule has 1 heterocycles. The third kappa shape index (κ3) is 4.06. The summed E-state index contributed by atoms with van der Waals surface area (Å²) in [4.78, 5) is 12.7. The van der Waals surface area contributed by atoms with Gasteiger partial charge in [0.1, 0.15) is 4.90 Å². The van der Waals surface area contributed by atoms with E-state index < -0.39 is 10.0 Å². The molecule has 0 bridgehead atoms. The van der Waals surface area contributed by atoms with E-state index in [9.17, 15) is 13.2 Å². The second-order valence-electron chi connectivity index (χ2n) is 8.07. The Bertz CT molecular complexity index is 1040. The van der Waals surface area contributed by atoms with Gasteiger partial charge in [-0.05, 0) is 54.5 Å². The molecule has 2 aromatic carbocycles. The van der Waals surface area contributed by atoms with E-state index in [4.69, 9.17) is 11.6 Å². The minimum Gasteiger partial charge on any atom is -0.351 e. The highest BCUT2D eigenvalue weighted by molar-refractivity contribution is 7.89. The van der Waals surface area contributed by atoms with Gasteiger partial charge in [-0.1, -0.05) is 42.8 Å². The van der Waals surface area contributed by atoms with Gasteiger partial charge in [0, 0.05) is 31.1 Å². The number of rotatable bonds is 5. The number of hydrogen-bond acceptors (Lipinski definition) is 3. The van der Waals surface area contributed by atoms with Gasteiger partial charge in [0.25, 0.3) is 5.91 Å². The Kier molecular flexibility index (Phi) is 5.69. The fourth-order valence-electron chi connectivity index (χ4n) is 4.21. The molecule has 1 fully saturated rings. The first-order valence-electron chi connectivity index (χ1n) is 10.0. The largest absolute Gasteiger partial charge is 0.351 e. The molecule has 0 radical (unpaired) electrons. The topological polar surface area (TPSA) is 66.5 Å². The van der Waals surface area contributed by atoms with Crippen molar-refractivity contribution >= 4 is 27.5 Å². The molecule has 7 heteroatoms. The predicted molar refractivity (Wildman–Crippen MR) is 114 cm³/mol. The number of fused-ring (bicyclic) bond motifs is 1. The molecule has 0 saturated carbocycles. The fourth-order valence-corrected chi connectivity index (χ4v) is 6.31. The molecular weight excluding hydrogens is 408 g/mol. The second kappa shape index (κ2) is 8.09. The Hall–Kier alpha value is -1.89. The number of piperidine rings is 1. The lowest BCUT2D eigenvalue weighted by atomic mass is 9.77. The zero-order valence-corrected chi connectivity index (χ0v) is 18.0. The Morgan fingerprint density at radius 3 is 2.79 bits per heavy atom. The Morgan fingerprint density at radius 2 is 2.03 bits per heavy atom. The van der Waals surface area contributed by atoms with Crippen LogP contribution >= 0.6 is 11.6 Å². The molecule has 0 unspecified atom stereocenters. The number of carbonyl (C=O) groups excluding carboxylic acids is 1. The van der Waals surface area contributed by atoms with Crippen molar-refractivity contribution in [2.45, 2.75) is 37.0 Å². The Balaban J connectivity index is 1.48. The van der Waals surface area contributed by atoms with Crippen molar-refractivity contribution in [2.75, 3.05) is 19.6 Å². The van der Waals surface area contributed by atoms with Crippen molar-refractivity contribution in [3.8, 4) is 0 Å². The first-order valence-corrected chi connectivity index (χ1v) is 11.8. The standard InChI is InChI=1S/C22H25ClN2O3S/c1-15-5-4-10-25(14-15)29(27,28)21-12-17(8-9-20(21)23)22(26)24-13-18-11-16-6-2-3-7-19(16)18/h2-3,6-9,12,15,18H,4-5,10-11,13-14H2,1H3,(H,24,26)/t15-,18-/m1/s1. The highest BCUT2D eigenvalue weighted by Gasteiger charge is 2.31. The van der Waals surface area contributed by atoms with Crippen LogP contribution in [0, 0.1) is 5.92 Å². The molecule has 1 N–H and O–H groups in total. The predicted octanol–water partition coefficient (Wildman–Crippen LogP) is 3.83. The highest BCUT2D eigenvalue weighted by Crippen LogP contribution is 2.34. The molecule has 1 aliphatic carbocycles. The number of halogens is 1. The maximum absolute atomic E-state index is 13.1. The zero-order valence-electron chi connectivity index (χ0n) is 16.4. The molecule has 5 nitrogen and oxygen atoms in total. The van der Waals surface area contributed by atoms with Crippen LogP contribution in [0.1, 0.15) is 47.2 Å². The van der Waals surface area contributed by atoms with Crippen molar-refractivity contribution in [3.05, 3.63) is 64.2 Å². The second-order valence-corrected chi connectivity index (χ2v) is 10.4. The summed E-state index contributed by atoms with van der Waals surface area (Å²) in [6.07, 6.45) is 2.80. The fraction of sp³-hybridized carbons (Fsp3) is 0.409. The number of carbonyl (C=O) groups is 1. The van der Waals surface area contributed by atoms with Crippen LogP contribution in [0.3, 0.4) is 0 Å². The van der Waals surface area contributed by atoms with Gasteiger partial charge in [0.05, 0.1) is 5.02 Å². The molecule has 154 valence electrons. The summed E-state index contributed by atoms with van der Waals surface area (Å²) in [5.74, 6) is 0.337. The monoisotopic (exact) mass is 432 g/mol. The van der Waals surface area contributed by atoms with E-state index >= 15 is 0 Å². The van der Waals surface area contributed by atoms with Crippen LogP contribution in [0.5, 0.6) is 0 Å². The molecule has 2 atom stereocenters. The molecule has 29 heavy (non-hydrogen) atoms. The minimum absolute atomic E-state index is 0.00917. The number of amides is 1. The third-order valence-electron chi connectivity index (χ3n) is 5.90. The number of nitrogens with one attached hydrogen (secondary N) is 1. The SMILES string of the molecule is C[C@@H]1CCCN(S(=O)(=O)c2cc(C(=O)NC[C@H]3Cc4ccccc43)ccc2Cl)C1. The Labute approximate surface area is 177 Å². The quantitative estimate of drug-likeness (QED) is 0.780. The average Bonchev–Trinajstić information content (AvgIpc) is 2.68. The van der Waals surface area contributed by atoms with E-state index in [1.807, 2.05) is 19.1 Å². The van der Waals surface area contributed by atoms with Crippen LogP contribution in [0.15, 0.2) is 47.4 Å². The van der Waals surface area contributed by atoms with Gasteiger partial charge in [-0.15, -0.1) is 0 Å². The number of benzene rings is 2. The first-order chi connectivity index (χ1) is 13.9. The summed E-state index contributed by atoms with van der Waals surface area (Å²) in [7, 11) is -3.73. The average molecular weight is 433 g/mol. The summed E-state index contributed by atoms with van der Waals surface area (Å²) in [6.45, 7) is 3.55. The summed E-state index contributed by atoms with van der Waals surface area (Å²) in [5.41, 5.74) is 2.90. The maximum atomic E-state index is 13.1. The van der Waals surface area contributed by atoms with E-state index in [2.05, 4.69) is 17.4 Å². The molecule has 0 aromatic heterocycles. The number of sulfonamides is 1. The Morgan fingerprint density at radius 1 is 1.24 bits per heavy atom. The molecule has 2 aromatic rings. The van der Waals surface area contributed by atoms with Gasteiger partial charge in [0.15, 0.2) is 0 Å². The van der Waals surface area contributed by atoms with Crippen molar-refractivity contribution in [1.29, 1.82) is 0 Å². The van der Waals surface area contributed by atoms with Crippen molar-refractivity contribution < 1.29 is 13.2 Å². The van der Waals surface area contributed by atoms with Gasteiger partial charge in [-0.25, -0.2) is 8.42 Å². The van der Waals surface area contributed by atoms with E-state index in [0.717, 1.165) is 19.3 Å². The zero-order chi connectivity index (χ0) is 20.6. The smallest absolute Gasteiger partial charge is 0.251 e. The molecular formula is C22H25ClN2O3S. The first kappa shape index (κ1) is 20.4. The van der Waals surface area contributed by atoms with Crippen LogP contribution < -0.4 is 5.32 Å². The van der Waals surface area contributed by atoms with Crippen LogP contribution in [-0.2, 0) is 16.4 Å². The van der Waals surface area contributed by atoms with Crippen LogP contribution in [0.4, 0.5) is 0 Å². The molecule has 4 rings (SSSR count). The minimum atomic E-state index is -3.73. The normalized spacial score (nSPS) is 21.9. The molecule has 1 saturated heterocycles. The van der Waals surface area contributed by atoms with E-state index in [1.165, 1.54) is 27.6 Å². The number of hydrogen-bond donors (Lipinski definition) is 1. The lowest BCUT2D eigenvalue weighted by Crippen LogP contribution is -2.39. The van der Waals surface area contributed by atoms with Gasteiger partial charge < -0.3 is 5.32 Å². The molecule has 2 aliphatic rings. The summed E-state index contributed by atoms with van der Waals surface area (Å²) in [5, 5.41) is 3.08. The lowest BCUT2D eigenvalue weighted by molar-refractivity contribution is 0.0950. The molecule has 1 aliphatic heterocycles. The molecule has 1 amide bonds. The van der Waals surface area contributed by atoms with Crippen LogP contribution in [-0.4, -0.2) is 38.3 Å².